The lowest BCUT2D eigenvalue weighted by atomic mass is 9.84. The summed E-state index contributed by atoms with van der Waals surface area (Å²) in [7, 11) is 0. The Hall–Kier alpha value is -1.03. The molecule has 0 radical (unpaired) electrons. The molecule has 0 spiro atoms. The molecule has 1 N–H and O–H groups in total. The molecule has 1 aromatic rings. The summed E-state index contributed by atoms with van der Waals surface area (Å²) in [6.07, 6.45) is 3.25. The van der Waals surface area contributed by atoms with Crippen molar-refractivity contribution in [3.63, 3.8) is 0 Å². The quantitative estimate of drug-likeness (QED) is 0.782. The van der Waals surface area contributed by atoms with Gasteiger partial charge in [0.2, 0.25) is 0 Å². The summed E-state index contributed by atoms with van der Waals surface area (Å²) in [5.41, 5.74) is 0.275. The second-order valence-corrected chi connectivity index (χ2v) is 4.18. The van der Waals surface area contributed by atoms with Crippen LogP contribution in [0.5, 0.6) is 0 Å². The van der Waals surface area contributed by atoms with Crippen LogP contribution in [-0.4, -0.2) is 23.5 Å². The lowest BCUT2D eigenvalue weighted by Crippen LogP contribution is -2.38. The zero-order chi connectivity index (χ0) is 12.0. The number of carbonyl (C=O) groups is 1. The van der Waals surface area contributed by atoms with Crippen molar-refractivity contribution < 1.29 is 9.32 Å². The van der Waals surface area contributed by atoms with Gasteiger partial charge in [-0.05, 0) is 12.8 Å². The smallest absolute Gasteiger partial charge is 0.273 e. The maximum Gasteiger partial charge on any atom is 0.273 e. The lowest BCUT2D eigenvalue weighted by Gasteiger charge is -2.29. The largest absolute Gasteiger partial charge is 0.364 e. The molecular weight excluding hydrogens is 228 g/mol. The molecule has 0 aliphatic carbocycles. The highest BCUT2D eigenvalue weighted by atomic mass is 35.5. The Kier molecular flexibility index (Phi) is 4.80. The van der Waals surface area contributed by atoms with Crippen LogP contribution in [0.15, 0.2) is 16.9 Å². The van der Waals surface area contributed by atoms with Gasteiger partial charge in [0.1, 0.15) is 6.26 Å². The minimum Gasteiger partial charge on any atom is -0.364 e. The Bertz CT molecular complexity index is 312. The van der Waals surface area contributed by atoms with E-state index in [1.165, 1.54) is 12.3 Å². The van der Waals surface area contributed by atoms with E-state index in [0.29, 0.717) is 18.1 Å². The van der Waals surface area contributed by atoms with Crippen LogP contribution in [0.25, 0.3) is 0 Å². The number of hydrogen-bond acceptors (Lipinski definition) is 3. The Morgan fingerprint density at radius 3 is 2.69 bits per heavy atom. The first-order chi connectivity index (χ1) is 7.67. The summed E-state index contributed by atoms with van der Waals surface area (Å²) >= 11 is 5.95. The zero-order valence-electron chi connectivity index (χ0n) is 9.62. The van der Waals surface area contributed by atoms with Crippen molar-refractivity contribution in [2.75, 3.05) is 12.4 Å². The second kappa shape index (κ2) is 5.89. The molecule has 90 valence electrons. The maximum absolute atomic E-state index is 11.6. The Morgan fingerprint density at radius 1 is 1.56 bits per heavy atom. The van der Waals surface area contributed by atoms with Crippen LogP contribution in [0.3, 0.4) is 0 Å². The molecule has 0 bridgehead atoms. The summed E-state index contributed by atoms with van der Waals surface area (Å²) in [5, 5.41) is 6.41. The molecule has 0 saturated carbocycles. The van der Waals surface area contributed by atoms with Crippen LogP contribution in [0.4, 0.5) is 0 Å². The van der Waals surface area contributed by atoms with Gasteiger partial charge in [-0.15, -0.1) is 11.6 Å². The van der Waals surface area contributed by atoms with Crippen molar-refractivity contribution in [2.24, 2.45) is 5.41 Å². The summed E-state index contributed by atoms with van der Waals surface area (Å²) in [6.45, 7) is 4.72. The number of hydrogen-bond donors (Lipinski definition) is 1. The fraction of sp³-hybridized carbons (Fsp3) is 0.636. The van der Waals surface area contributed by atoms with Crippen molar-refractivity contribution >= 4 is 17.5 Å². The molecule has 0 aliphatic heterocycles. The number of nitrogens with zero attached hydrogens (tertiary/aromatic N) is 1. The van der Waals surface area contributed by atoms with Crippen LogP contribution in [0, 0.1) is 5.41 Å². The number of carbonyl (C=O) groups excluding carboxylic acids is 1. The molecule has 1 heterocycles. The first kappa shape index (κ1) is 13.0. The van der Waals surface area contributed by atoms with E-state index in [1.807, 2.05) is 0 Å². The highest BCUT2D eigenvalue weighted by molar-refractivity contribution is 6.18. The number of halogens is 1. The third-order valence-electron chi connectivity index (χ3n) is 3.08. The molecule has 0 aromatic carbocycles. The molecule has 0 fully saturated rings. The van der Waals surface area contributed by atoms with E-state index in [9.17, 15) is 4.79 Å². The van der Waals surface area contributed by atoms with Crippen LogP contribution < -0.4 is 5.32 Å². The normalized spacial score (nSPS) is 11.4. The topological polar surface area (TPSA) is 55.1 Å². The van der Waals surface area contributed by atoms with Gasteiger partial charge in [0, 0.05) is 23.9 Å². The van der Waals surface area contributed by atoms with E-state index in [-0.39, 0.29) is 11.3 Å². The minimum absolute atomic E-state index is 0.0268. The van der Waals surface area contributed by atoms with Gasteiger partial charge in [-0.3, -0.25) is 4.79 Å². The molecule has 1 amide bonds. The zero-order valence-corrected chi connectivity index (χ0v) is 10.4. The van der Waals surface area contributed by atoms with Crippen LogP contribution in [0.2, 0.25) is 0 Å². The molecule has 5 heteroatoms. The SMILES string of the molecule is CCC(CC)(CCl)CNC(=O)c1ccon1. The monoisotopic (exact) mass is 244 g/mol. The number of nitrogens with one attached hydrogen (secondary N) is 1. The van der Waals surface area contributed by atoms with Crippen LogP contribution in [0.1, 0.15) is 37.2 Å². The molecule has 0 saturated heterocycles. The van der Waals surface area contributed by atoms with Crippen molar-refractivity contribution in [1.29, 1.82) is 0 Å². The first-order valence-electron chi connectivity index (χ1n) is 5.42. The summed E-state index contributed by atoms with van der Waals surface area (Å²) in [6, 6.07) is 1.54. The first-order valence-corrected chi connectivity index (χ1v) is 5.95. The molecule has 0 unspecified atom stereocenters. The van der Waals surface area contributed by atoms with Gasteiger partial charge in [-0.2, -0.15) is 0 Å². The molecule has 0 aliphatic rings. The molecule has 16 heavy (non-hydrogen) atoms. The van der Waals surface area contributed by atoms with Gasteiger partial charge >= 0.3 is 0 Å². The fourth-order valence-electron chi connectivity index (χ4n) is 1.42. The van der Waals surface area contributed by atoms with Crippen molar-refractivity contribution in [1.82, 2.24) is 10.5 Å². The average Bonchev–Trinajstić information content (AvgIpc) is 2.85. The fourth-order valence-corrected chi connectivity index (χ4v) is 1.90. The van der Waals surface area contributed by atoms with Gasteiger partial charge < -0.3 is 9.84 Å². The Balaban J connectivity index is 2.53. The van der Waals surface area contributed by atoms with Gasteiger partial charge in [-0.1, -0.05) is 19.0 Å². The highest BCUT2D eigenvalue weighted by Gasteiger charge is 2.26. The number of rotatable bonds is 6. The van der Waals surface area contributed by atoms with E-state index in [2.05, 4.69) is 28.8 Å². The number of amides is 1. The molecule has 4 nitrogen and oxygen atoms in total. The Morgan fingerprint density at radius 2 is 2.25 bits per heavy atom. The highest BCUT2D eigenvalue weighted by Crippen LogP contribution is 2.26. The van der Waals surface area contributed by atoms with Crippen molar-refractivity contribution in [3.05, 3.63) is 18.0 Å². The van der Waals surface area contributed by atoms with Gasteiger partial charge in [0.05, 0.1) is 0 Å². The van der Waals surface area contributed by atoms with Crippen molar-refractivity contribution in [3.8, 4) is 0 Å². The Labute approximate surface area is 100 Å². The predicted octanol–water partition coefficient (Wildman–Crippen LogP) is 2.45. The van der Waals surface area contributed by atoms with Crippen molar-refractivity contribution in [2.45, 2.75) is 26.7 Å². The minimum atomic E-state index is -0.217. The van der Waals surface area contributed by atoms with Gasteiger partial charge in [-0.25, -0.2) is 0 Å². The second-order valence-electron chi connectivity index (χ2n) is 3.91. The third-order valence-corrected chi connectivity index (χ3v) is 3.64. The van der Waals surface area contributed by atoms with E-state index in [1.54, 1.807) is 0 Å². The van der Waals surface area contributed by atoms with E-state index < -0.39 is 0 Å². The molecular formula is C11H17ClN2O2. The number of alkyl halides is 1. The summed E-state index contributed by atoms with van der Waals surface area (Å²) in [4.78, 5) is 11.6. The van der Waals surface area contributed by atoms with Crippen LogP contribution >= 0.6 is 11.6 Å². The van der Waals surface area contributed by atoms with E-state index >= 15 is 0 Å². The number of aromatic nitrogens is 1. The molecule has 0 atom stereocenters. The molecule has 1 rings (SSSR count). The summed E-state index contributed by atoms with van der Waals surface area (Å²) < 4.78 is 4.61. The van der Waals surface area contributed by atoms with Gasteiger partial charge in [0.25, 0.3) is 5.91 Å². The molecule has 1 aromatic heterocycles. The lowest BCUT2D eigenvalue weighted by molar-refractivity contribution is 0.0922. The predicted molar refractivity (Wildman–Crippen MR) is 62.6 cm³/mol. The van der Waals surface area contributed by atoms with E-state index in [0.717, 1.165) is 12.8 Å². The summed E-state index contributed by atoms with van der Waals surface area (Å²) in [5.74, 6) is 0.323. The third kappa shape index (κ3) is 2.98. The maximum atomic E-state index is 11.6. The standard InChI is InChI=1S/C11H17ClN2O2/c1-3-11(4-2,7-12)8-13-10(15)9-5-6-16-14-9/h5-6H,3-4,7-8H2,1-2H3,(H,13,15). The van der Waals surface area contributed by atoms with E-state index in [4.69, 9.17) is 11.6 Å². The van der Waals surface area contributed by atoms with Gasteiger partial charge in [0.15, 0.2) is 5.69 Å². The van der Waals surface area contributed by atoms with Crippen LogP contribution in [-0.2, 0) is 0 Å². The average molecular weight is 245 g/mol.